The Morgan fingerprint density at radius 3 is 2.65 bits per heavy atom. The van der Waals surface area contributed by atoms with Gasteiger partial charge in [-0.2, -0.15) is 0 Å². The van der Waals surface area contributed by atoms with Crippen LogP contribution in [0.25, 0.3) is 0 Å². The maximum absolute atomic E-state index is 12.6. The fourth-order valence-corrected chi connectivity index (χ4v) is 2.88. The highest BCUT2D eigenvalue weighted by molar-refractivity contribution is 6.32. The van der Waals surface area contributed by atoms with Crippen LogP contribution >= 0.6 is 11.6 Å². The number of benzene rings is 1. The summed E-state index contributed by atoms with van der Waals surface area (Å²) < 4.78 is 10.7. The maximum atomic E-state index is 12.6. The van der Waals surface area contributed by atoms with Gasteiger partial charge in [0.1, 0.15) is 0 Å². The van der Waals surface area contributed by atoms with Gasteiger partial charge in [-0.1, -0.05) is 11.6 Å². The molecule has 0 bridgehead atoms. The lowest BCUT2D eigenvalue weighted by atomic mass is 9.90. The Morgan fingerprint density at radius 2 is 2.13 bits per heavy atom. The number of nitrogens with zero attached hydrogens (tertiary/aromatic N) is 1. The molecule has 1 aromatic carbocycles. The minimum Gasteiger partial charge on any atom is -0.493 e. The molecule has 126 valence electrons. The first-order chi connectivity index (χ1) is 10.8. The van der Waals surface area contributed by atoms with Gasteiger partial charge in [0.15, 0.2) is 11.5 Å². The molecule has 1 heterocycles. The van der Waals surface area contributed by atoms with Crippen LogP contribution in [0.15, 0.2) is 12.1 Å². The summed E-state index contributed by atoms with van der Waals surface area (Å²) >= 11 is 6.18. The van der Waals surface area contributed by atoms with Gasteiger partial charge in [0, 0.05) is 18.7 Å². The summed E-state index contributed by atoms with van der Waals surface area (Å²) in [6.07, 6.45) is 0.427. The summed E-state index contributed by atoms with van der Waals surface area (Å²) in [6, 6.07) is 3.09. The van der Waals surface area contributed by atoms with Crippen molar-refractivity contribution in [1.29, 1.82) is 0 Å². The van der Waals surface area contributed by atoms with Crippen LogP contribution in [0.3, 0.4) is 0 Å². The molecule has 0 unspecified atom stereocenters. The second-order valence-electron chi connectivity index (χ2n) is 5.76. The average molecular weight is 342 g/mol. The molecule has 1 atom stereocenters. The number of amides is 1. The molecule has 1 saturated heterocycles. The summed E-state index contributed by atoms with van der Waals surface area (Å²) in [5.74, 6) is -0.388. The van der Waals surface area contributed by atoms with E-state index in [9.17, 15) is 14.7 Å². The zero-order chi connectivity index (χ0) is 17.2. The quantitative estimate of drug-likeness (QED) is 0.891. The van der Waals surface area contributed by atoms with Crippen molar-refractivity contribution in [2.75, 3.05) is 26.8 Å². The number of halogens is 1. The summed E-state index contributed by atoms with van der Waals surface area (Å²) in [4.78, 5) is 25.5. The van der Waals surface area contributed by atoms with Gasteiger partial charge in [-0.3, -0.25) is 9.59 Å². The second-order valence-corrected chi connectivity index (χ2v) is 6.17. The maximum Gasteiger partial charge on any atom is 0.311 e. The Kier molecular flexibility index (Phi) is 5.04. The number of carboxylic acids is 1. The predicted molar refractivity (Wildman–Crippen MR) is 85.4 cm³/mol. The van der Waals surface area contributed by atoms with Gasteiger partial charge in [-0.15, -0.1) is 0 Å². The molecule has 6 nitrogen and oxygen atoms in total. The topological polar surface area (TPSA) is 76.1 Å². The van der Waals surface area contributed by atoms with Crippen LogP contribution in [0.4, 0.5) is 0 Å². The zero-order valence-corrected chi connectivity index (χ0v) is 14.1. The molecular weight excluding hydrogens is 322 g/mol. The fourth-order valence-electron chi connectivity index (χ4n) is 2.62. The van der Waals surface area contributed by atoms with Crippen molar-refractivity contribution in [3.05, 3.63) is 22.7 Å². The lowest BCUT2D eigenvalue weighted by Crippen LogP contribution is -2.34. The number of rotatable bonds is 5. The number of hydrogen-bond donors (Lipinski definition) is 1. The Bertz CT molecular complexity index is 633. The standard InChI is InChI=1S/C16H20ClNO5/c1-4-23-13-11(17)7-10(8-12(13)22-3)14(19)18-6-5-16(2,9-18)15(20)21/h7-8H,4-6,9H2,1-3H3,(H,20,21)/t16-/m1/s1. The molecule has 1 aliphatic rings. The van der Waals surface area contributed by atoms with E-state index in [-0.39, 0.29) is 17.5 Å². The van der Waals surface area contributed by atoms with Crippen LogP contribution in [-0.2, 0) is 4.79 Å². The van der Waals surface area contributed by atoms with Gasteiger partial charge >= 0.3 is 5.97 Å². The van der Waals surface area contributed by atoms with Gasteiger partial charge < -0.3 is 19.5 Å². The molecule has 1 N–H and O–H groups in total. The molecule has 0 aromatic heterocycles. The van der Waals surface area contributed by atoms with E-state index in [2.05, 4.69) is 0 Å². The number of ether oxygens (including phenoxy) is 2. The van der Waals surface area contributed by atoms with Gasteiger partial charge in [0.05, 0.1) is 24.2 Å². The van der Waals surface area contributed by atoms with Gasteiger partial charge in [0.2, 0.25) is 0 Å². The molecule has 0 saturated carbocycles. The van der Waals surface area contributed by atoms with E-state index in [1.165, 1.54) is 18.1 Å². The lowest BCUT2D eigenvalue weighted by molar-refractivity contribution is -0.147. The number of carbonyl (C=O) groups is 2. The molecule has 0 aliphatic carbocycles. The third-order valence-corrected chi connectivity index (χ3v) is 4.32. The van der Waals surface area contributed by atoms with E-state index in [1.54, 1.807) is 13.0 Å². The number of hydrogen-bond acceptors (Lipinski definition) is 4. The smallest absolute Gasteiger partial charge is 0.311 e. The van der Waals surface area contributed by atoms with Crippen LogP contribution in [0.5, 0.6) is 11.5 Å². The largest absolute Gasteiger partial charge is 0.493 e. The zero-order valence-electron chi connectivity index (χ0n) is 13.4. The predicted octanol–water partition coefficient (Wildman–Crippen LogP) is 2.68. The minimum absolute atomic E-state index is 0.175. The van der Waals surface area contributed by atoms with Crippen molar-refractivity contribution in [1.82, 2.24) is 4.90 Å². The Labute approximate surface area is 139 Å². The molecule has 0 spiro atoms. The van der Waals surface area contributed by atoms with Gasteiger partial charge in [0.25, 0.3) is 5.91 Å². The molecular formula is C16H20ClNO5. The van der Waals surface area contributed by atoms with Crippen LogP contribution in [0.1, 0.15) is 30.6 Å². The Balaban J connectivity index is 2.27. The first-order valence-electron chi connectivity index (χ1n) is 7.35. The monoisotopic (exact) mass is 341 g/mol. The van der Waals surface area contributed by atoms with Crippen molar-refractivity contribution in [3.8, 4) is 11.5 Å². The van der Waals surface area contributed by atoms with E-state index in [4.69, 9.17) is 21.1 Å². The SMILES string of the molecule is CCOc1c(Cl)cc(C(=O)N2CC[C@@](C)(C(=O)O)C2)cc1OC. The third-order valence-electron chi connectivity index (χ3n) is 4.04. The molecule has 1 amide bonds. The minimum atomic E-state index is -0.908. The number of aliphatic carboxylic acids is 1. The first kappa shape index (κ1) is 17.4. The van der Waals surface area contributed by atoms with Crippen molar-refractivity contribution < 1.29 is 24.2 Å². The fraction of sp³-hybridized carbons (Fsp3) is 0.500. The van der Waals surface area contributed by atoms with Crippen molar-refractivity contribution >= 4 is 23.5 Å². The summed E-state index contributed by atoms with van der Waals surface area (Å²) in [7, 11) is 1.47. The molecule has 1 aliphatic heterocycles. The number of methoxy groups -OCH3 is 1. The molecule has 2 rings (SSSR count). The van der Waals surface area contributed by atoms with Gasteiger partial charge in [-0.05, 0) is 32.4 Å². The van der Waals surface area contributed by atoms with Crippen LogP contribution in [-0.4, -0.2) is 48.7 Å². The summed E-state index contributed by atoms with van der Waals surface area (Å²) in [5.41, 5.74) is -0.556. The number of carbonyl (C=O) groups excluding carboxylic acids is 1. The van der Waals surface area contributed by atoms with E-state index < -0.39 is 11.4 Å². The number of likely N-dealkylation sites (tertiary alicyclic amines) is 1. The molecule has 1 fully saturated rings. The van der Waals surface area contributed by atoms with E-state index in [0.717, 1.165) is 0 Å². The second kappa shape index (κ2) is 6.66. The molecule has 0 radical (unpaired) electrons. The van der Waals surface area contributed by atoms with Crippen LogP contribution in [0, 0.1) is 5.41 Å². The average Bonchev–Trinajstić information content (AvgIpc) is 2.92. The molecule has 7 heteroatoms. The normalized spacial score (nSPS) is 20.4. The Hall–Kier alpha value is -1.95. The summed E-state index contributed by atoms with van der Waals surface area (Å²) in [5, 5.41) is 9.56. The first-order valence-corrected chi connectivity index (χ1v) is 7.73. The number of carboxylic acid groups (broad SMARTS) is 1. The third kappa shape index (κ3) is 3.37. The van der Waals surface area contributed by atoms with Crippen molar-refractivity contribution in [2.45, 2.75) is 20.3 Å². The van der Waals surface area contributed by atoms with Crippen LogP contribution < -0.4 is 9.47 Å². The van der Waals surface area contributed by atoms with E-state index >= 15 is 0 Å². The van der Waals surface area contributed by atoms with E-state index in [0.29, 0.717) is 36.6 Å². The molecule has 23 heavy (non-hydrogen) atoms. The summed E-state index contributed by atoms with van der Waals surface area (Å²) in [6.45, 7) is 4.47. The van der Waals surface area contributed by atoms with Crippen molar-refractivity contribution in [3.63, 3.8) is 0 Å². The lowest BCUT2D eigenvalue weighted by Gasteiger charge is -2.21. The van der Waals surface area contributed by atoms with Crippen molar-refractivity contribution in [2.24, 2.45) is 5.41 Å². The molecule has 1 aromatic rings. The van der Waals surface area contributed by atoms with Crippen LogP contribution in [0.2, 0.25) is 5.02 Å². The highest BCUT2D eigenvalue weighted by Gasteiger charge is 2.42. The highest BCUT2D eigenvalue weighted by Crippen LogP contribution is 2.38. The highest BCUT2D eigenvalue weighted by atomic mass is 35.5. The van der Waals surface area contributed by atoms with E-state index in [1.807, 2.05) is 6.92 Å². The Morgan fingerprint density at radius 1 is 1.43 bits per heavy atom. The van der Waals surface area contributed by atoms with Gasteiger partial charge in [-0.25, -0.2) is 0 Å².